The van der Waals surface area contributed by atoms with Crippen LogP contribution in [0.1, 0.15) is 5.56 Å². The van der Waals surface area contributed by atoms with Crippen LogP contribution in [0.2, 0.25) is 0 Å². The van der Waals surface area contributed by atoms with E-state index in [0.717, 1.165) is 11.1 Å². The van der Waals surface area contributed by atoms with Crippen molar-refractivity contribution in [1.29, 1.82) is 0 Å². The molecule has 0 atom stereocenters. The van der Waals surface area contributed by atoms with Crippen LogP contribution in [0.4, 0.5) is 0 Å². The molecular formula is C8H7N2O. The maximum absolute atomic E-state index is 10.6. The van der Waals surface area contributed by atoms with E-state index >= 15 is 0 Å². The van der Waals surface area contributed by atoms with Gasteiger partial charge in [-0.3, -0.25) is 0 Å². The molecule has 2 rings (SSSR count). The van der Waals surface area contributed by atoms with Crippen LogP contribution in [-0.4, -0.2) is 9.61 Å². The largest absolute Gasteiger partial charge is 0.241 e. The zero-order valence-electron chi connectivity index (χ0n) is 5.90. The molecule has 2 heterocycles. The lowest BCUT2D eigenvalue weighted by Gasteiger charge is -1.96. The summed E-state index contributed by atoms with van der Waals surface area (Å²) in [6.45, 7) is -0.184. The average molecular weight is 147 g/mol. The minimum absolute atomic E-state index is 0.184. The first kappa shape index (κ1) is 6.37. The summed E-state index contributed by atoms with van der Waals surface area (Å²) in [6, 6.07) is 5.49. The van der Waals surface area contributed by atoms with E-state index in [2.05, 4.69) is 5.10 Å². The number of aromatic nitrogens is 2. The van der Waals surface area contributed by atoms with Gasteiger partial charge >= 0.3 is 0 Å². The normalized spacial score (nSPS) is 10.6. The Morgan fingerprint density at radius 3 is 3.18 bits per heavy atom. The topological polar surface area (TPSA) is 37.2 Å². The molecule has 0 aliphatic rings. The molecule has 0 unspecified atom stereocenters. The van der Waals surface area contributed by atoms with Crippen molar-refractivity contribution < 1.29 is 5.11 Å². The molecule has 11 heavy (non-hydrogen) atoms. The smallest absolute Gasteiger partial charge is 0.109 e. The van der Waals surface area contributed by atoms with Crippen molar-refractivity contribution in [3.63, 3.8) is 0 Å². The van der Waals surface area contributed by atoms with Crippen molar-refractivity contribution in [2.24, 2.45) is 0 Å². The molecule has 0 bridgehead atoms. The zero-order chi connectivity index (χ0) is 7.68. The van der Waals surface area contributed by atoms with E-state index in [4.69, 9.17) is 0 Å². The van der Waals surface area contributed by atoms with Gasteiger partial charge in [-0.15, -0.1) is 0 Å². The summed E-state index contributed by atoms with van der Waals surface area (Å²) >= 11 is 0. The molecule has 0 aromatic carbocycles. The average Bonchev–Trinajstić information content (AvgIpc) is 2.50. The highest BCUT2D eigenvalue weighted by Gasteiger charge is 1.98. The minimum Gasteiger partial charge on any atom is -0.241 e. The number of nitrogens with zero attached hydrogens (tertiary/aromatic N) is 2. The second-order valence-corrected chi connectivity index (χ2v) is 2.34. The molecule has 2 aromatic heterocycles. The lowest BCUT2D eigenvalue weighted by atomic mass is 10.2. The lowest BCUT2D eigenvalue weighted by molar-refractivity contribution is 0.178. The van der Waals surface area contributed by atoms with Crippen LogP contribution in [0.15, 0.2) is 30.6 Å². The maximum Gasteiger partial charge on any atom is 0.109 e. The van der Waals surface area contributed by atoms with E-state index < -0.39 is 0 Å². The van der Waals surface area contributed by atoms with Gasteiger partial charge in [0, 0.05) is 18.0 Å². The van der Waals surface area contributed by atoms with E-state index in [0.29, 0.717) is 0 Å². The predicted octanol–water partition coefficient (Wildman–Crippen LogP) is 1.26. The number of pyridine rings is 1. The Balaban J connectivity index is 2.79. The molecule has 0 amide bonds. The Morgan fingerprint density at radius 2 is 2.36 bits per heavy atom. The minimum atomic E-state index is -0.184. The Kier molecular flexibility index (Phi) is 1.36. The highest BCUT2D eigenvalue weighted by atomic mass is 16.3. The third-order valence-corrected chi connectivity index (χ3v) is 1.68. The summed E-state index contributed by atoms with van der Waals surface area (Å²) < 4.78 is 1.70. The molecule has 3 nitrogen and oxygen atoms in total. The van der Waals surface area contributed by atoms with Gasteiger partial charge in [0.2, 0.25) is 0 Å². The third kappa shape index (κ3) is 0.897. The van der Waals surface area contributed by atoms with Crippen molar-refractivity contribution in [1.82, 2.24) is 9.61 Å². The molecule has 0 saturated heterocycles. The summed E-state index contributed by atoms with van der Waals surface area (Å²) in [5.41, 5.74) is 1.70. The molecule has 0 spiro atoms. The van der Waals surface area contributed by atoms with Crippen LogP contribution < -0.4 is 0 Å². The molecule has 0 N–H and O–H groups in total. The first-order chi connectivity index (χ1) is 5.42. The molecule has 0 aliphatic heterocycles. The van der Waals surface area contributed by atoms with E-state index in [9.17, 15) is 5.11 Å². The monoisotopic (exact) mass is 147 g/mol. The van der Waals surface area contributed by atoms with Gasteiger partial charge in [-0.1, -0.05) is 6.07 Å². The van der Waals surface area contributed by atoms with Crippen LogP contribution in [0, 0.1) is 0 Å². The third-order valence-electron chi connectivity index (χ3n) is 1.68. The second kappa shape index (κ2) is 2.36. The maximum atomic E-state index is 10.6. The van der Waals surface area contributed by atoms with E-state index in [1.54, 1.807) is 10.7 Å². The predicted molar refractivity (Wildman–Crippen MR) is 39.6 cm³/mol. The Bertz CT molecular complexity index is 367. The fraction of sp³-hybridized carbons (Fsp3) is 0.125. The fourth-order valence-corrected chi connectivity index (χ4v) is 1.14. The first-order valence-corrected chi connectivity index (χ1v) is 3.41. The molecule has 55 valence electrons. The highest BCUT2D eigenvalue weighted by molar-refractivity contribution is 5.52. The molecule has 0 saturated carbocycles. The van der Waals surface area contributed by atoms with Crippen LogP contribution in [-0.2, 0) is 11.7 Å². The fourth-order valence-electron chi connectivity index (χ4n) is 1.14. The van der Waals surface area contributed by atoms with E-state index in [1.807, 2.05) is 24.4 Å². The second-order valence-electron chi connectivity index (χ2n) is 2.34. The first-order valence-electron chi connectivity index (χ1n) is 3.41. The number of hydrogen-bond donors (Lipinski definition) is 0. The van der Waals surface area contributed by atoms with Crippen LogP contribution in [0.3, 0.4) is 0 Å². The van der Waals surface area contributed by atoms with Gasteiger partial charge in [-0.2, -0.15) is 5.10 Å². The molecule has 1 radical (unpaired) electrons. The molecule has 2 aromatic rings. The summed E-state index contributed by atoms with van der Waals surface area (Å²) in [7, 11) is 0. The Labute approximate surface area is 63.9 Å². The summed E-state index contributed by atoms with van der Waals surface area (Å²) in [5.74, 6) is 0. The van der Waals surface area contributed by atoms with Gasteiger partial charge in [-0.05, 0) is 12.1 Å². The SMILES string of the molecule is [O]Cc1cccn2nccc12. The van der Waals surface area contributed by atoms with Crippen LogP contribution in [0.5, 0.6) is 0 Å². The van der Waals surface area contributed by atoms with Gasteiger partial charge in [0.1, 0.15) is 6.61 Å². The summed E-state index contributed by atoms with van der Waals surface area (Å²) in [4.78, 5) is 0. The molecular weight excluding hydrogens is 140 g/mol. The molecule has 0 aliphatic carbocycles. The number of rotatable bonds is 1. The summed E-state index contributed by atoms with van der Waals surface area (Å²) in [6.07, 6.45) is 3.52. The Morgan fingerprint density at radius 1 is 1.45 bits per heavy atom. The number of fused-ring (bicyclic) bond motifs is 1. The van der Waals surface area contributed by atoms with Gasteiger partial charge in [0.05, 0.1) is 5.52 Å². The standard InChI is InChI=1S/C8H7N2O/c11-6-7-2-1-5-10-8(7)3-4-9-10/h1-5H,6H2. The molecule has 3 heteroatoms. The van der Waals surface area contributed by atoms with E-state index in [1.165, 1.54) is 0 Å². The van der Waals surface area contributed by atoms with Gasteiger partial charge < -0.3 is 0 Å². The molecule has 0 fully saturated rings. The van der Waals surface area contributed by atoms with Crippen molar-refractivity contribution >= 4 is 5.52 Å². The van der Waals surface area contributed by atoms with Gasteiger partial charge in [-0.25, -0.2) is 9.62 Å². The van der Waals surface area contributed by atoms with Crippen LogP contribution >= 0.6 is 0 Å². The van der Waals surface area contributed by atoms with Gasteiger partial charge in [0.25, 0.3) is 0 Å². The summed E-state index contributed by atoms with van der Waals surface area (Å²) in [5, 5.41) is 14.6. The van der Waals surface area contributed by atoms with E-state index in [-0.39, 0.29) is 6.61 Å². The van der Waals surface area contributed by atoms with Crippen LogP contribution in [0.25, 0.3) is 5.52 Å². The van der Waals surface area contributed by atoms with Crippen molar-refractivity contribution in [3.8, 4) is 0 Å². The van der Waals surface area contributed by atoms with Gasteiger partial charge in [0.15, 0.2) is 0 Å². The Hall–Kier alpha value is -1.35. The van der Waals surface area contributed by atoms with Crippen molar-refractivity contribution in [2.75, 3.05) is 0 Å². The quantitative estimate of drug-likeness (QED) is 0.598. The highest BCUT2D eigenvalue weighted by Crippen LogP contribution is 2.08. The zero-order valence-corrected chi connectivity index (χ0v) is 5.90. The van der Waals surface area contributed by atoms with Crippen molar-refractivity contribution in [3.05, 3.63) is 36.2 Å². The van der Waals surface area contributed by atoms with Crippen molar-refractivity contribution in [2.45, 2.75) is 6.61 Å². The number of hydrogen-bond acceptors (Lipinski definition) is 1. The lowest BCUT2D eigenvalue weighted by Crippen LogP contribution is -1.90.